The Kier molecular flexibility index (Phi) is 5.20. The van der Waals surface area contributed by atoms with Crippen molar-refractivity contribution < 1.29 is 22.7 Å². The summed E-state index contributed by atoms with van der Waals surface area (Å²) in [7, 11) is 1.30. The summed E-state index contributed by atoms with van der Waals surface area (Å²) >= 11 is 0. The van der Waals surface area contributed by atoms with E-state index in [9.17, 15) is 18.0 Å². The van der Waals surface area contributed by atoms with Crippen LogP contribution in [0.25, 0.3) is 21.9 Å². The Labute approximate surface area is 176 Å². The average molecular weight is 430 g/mol. The predicted octanol–water partition coefficient (Wildman–Crippen LogP) is 4.90. The molecule has 0 bridgehead atoms. The second-order valence-electron chi connectivity index (χ2n) is 7.86. The van der Waals surface area contributed by atoms with Crippen LogP contribution in [0.3, 0.4) is 0 Å². The molecule has 2 aromatic heterocycles. The number of esters is 1. The molecular weight excluding hydrogens is 409 g/mol. The van der Waals surface area contributed by atoms with Crippen molar-refractivity contribution in [1.82, 2.24) is 19.3 Å². The second kappa shape index (κ2) is 7.72. The Morgan fingerprint density at radius 3 is 2.65 bits per heavy atom. The van der Waals surface area contributed by atoms with Crippen LogP contribution in [0.2, 0.25) is 0 Å². The lowest BCUT2D eigenvalue weighted by molar-refractivity contribution is -0.137. The molecule has 0 aliphatic carbocycles. The number of carbonyl (C=O) groups is 1. The molecule has 31 heavy (non-hydrogen) atoms. The Morgan fingerprint density at radius 1 is 1.19 bits per heavy atom. The van der Waals surface area contributed by atoms with Crippen LogP contribution >= 0.6 is 0 Å². The highest BCUT2D eigenvalue weighted by atomic mass is 19.4. The fourth-order valence-electron chi connectivity index (χ4n) is 3.71. The van der Waals surface area contributed by atoms with E-state index in [1.165, 1.54) is 19.4 Å². The molecular formula is C22H21F3N4O2. The minimum atomic E-state index is -4.46. The van der Waals surface area contributed by atoms with Crippen molar-refractivity contribution in [3.05, 3.63) is 59.5 Å². The lowest BCUT2D eigenvalue weighted by Gasteiger charge is -2.14. The van der Waals surface area contributed by atoms with Crippen molar-refractivity contribution in [2.24, 2.45) is 5.92 Å². The van der Waals surface area contributed by atoms with Crippen LogP contribution < -0.4 is 0 Å². The van der Waals surface area contributed by atoms with Gasteiger partial charge in [0.1, 0.15) is 0 Å². The molecule has 9 heteroatoms. The molecule has 0 radical (unpaired) electrons. The van der Waals surface area contributed by atoms with E-state index in [0.29, 0.717) is 39.6 Å². The Morgan fingerprint density at radius 2 is 1.97 bits per heavy atom. The fraction of sp³-hybridized carbons (Fsp3) is 0.318. The van der Waals surface area contributed by atoms with Gasteiger partial charge in [0.05, 0.1) is 53.9 Å². The Hall–Kier alpha value is -3.36. The molecule has 0 N–H and O–H groups in total. The second-order valence-corrected chi connectivity index (χ2v) is 7.86. The number of aromatic nitrogens is 4. The van der Waals surface area contributed by atoms with Crippen LogP contribution in [0.1, 0.15) is 35.3 Å². The van der Waals surface area contributed by atoms with Gasteiger partial charge in [-0.1, -0.05) is 13.8 Å². The monoisotopic (exact) mass is 430 g/mol. The number of fused-ring (bicyclic) bond motifs is 2. The zero-order valence-corrected chi connectivity index (χ0v) is 17.3. The normalized spacial score (nSPS) is 12.2. The van der Waals surface area contributed by atoms with Crippen LogP contribution in [0.5, 0.6) is 0 Å². The lowest BCUT2D eigenvalue weighted by Crippen LogP contribution is -2.11. The summed E-state index contributed by atoms with van der Waals surface area (Å²) in [6.07, 6.45) is -1.43. The van der Waals surface area contributed by atoms with Crippen molar-refractivity contribution in [2.75, 3.05) is 7.11 Å². The largest absolute Gasteiger partial charge is 0.465 e. The SMILES string of the molecule is COC(=O)c1ccc2c(c1)ncn2Cc1cc(C(F)(F)F)cc2cnn(CC(C)C)c12. The van der Waals surface area contributed by atoms with Gasteiger partial charge in [0.25, 0.3) is 0 Å². The molecule has 6 nitrogen and oxygen atoms in total. The van der Waals surface area contributed by atoms with E-state index in [-0.39, 0.29) is 12.5 Å². The van der Waals surface area contributed by atoms with E-state index in [1.807, 2.05) is 13.8 Å². The minimum absolute atomic E-state index is 0.179. The van der Waals surface area contributed by atoms with Gasteiger partial charge in [-0.3, -0.25) is 4.68 Å². The van der Waals surface area contributed by atoms with Crippen molar-refractivity contribution in [1.29, 1.82) is 0 Å². The number of imidazole rings is 1. The topological polar surface area (TPSA) is 61.9 Å². The van der Waals surface area contributed by atoms with Gasteiger partial charge in [0.2, 0.25) is 0 Å². The minimum Gasteiger partial charge on any atom is -0.465 e. The Bertz CT molecular complexity index is 1270. The molecule has 0 aliphatic rings. The van der Waals surface area contributed by atoms with Gasteiger partial charge < -0.3 is 9.30 Å². The van der Waals surface area contributed by atoms with Gasteiger partial charge in [0, 0.05) is 11.9 Å². The molecule has 0 saturated carbocycles. The number of halogens is 3. The van der Waals surface area contributed by atoms with Crippen molar-refractivity contribution in [3.63, 3.8) is 0 Å². The first kappa shape index (κ1) is 20.9. The smallest absolute Gasteiger partial charge is 0.416 e. The molecule has 0 amide bonds. The molecule has 2 aromatic carbocycles. The summed E-state index contributed by atoms with van der Waals surface area (Å²) in [5.74, 6) is -0.197. The number of methoxy groups -OCH3 is 1. The summed E-state index contributed by atoms with van der Waals surface area (Å²) in [5, 5.41) is 4.77. The summed E-state index contributed by atoms with van der Waals surface area (Å²) in [4.78, 5) is 16.1. The summed E-state index contributed by atoms with van der Waals surface area (Å²) in [5.41, 5.74) is 2.08. The number of carbonyl (C=O) groups excluding carboxylic acids is 1. The molecule has 0 spiro atoms. The molecule has 162 valence electrons. The van der Waals surface area contributed by atoms with Crippen LogP contribution in [-0.2, 0) is 24.0 Å². The number of nitrogens with zero attached hydrogens (tertiary/aromatic N) is 4. The maximum atomic E-state index is 13.5. The van der Waals surface area contributed by atoms with Crippen LogP contribution in [0, 0.1) is 5.92 Å². The van der Waals surface area contributed by atoms with Gasteiger partial charge in [-0.25, -0.2) is 9.78 Å². The quantitative estimate of drug-likeness (QED) is 0.423. The van der Waals surface area contributed by atoms with E-state index in [2.05, 4.69) is 10.1 Å². The molecule has 0 saturated heterocycles. The van der Waals surface area contributed by atoms with Crippen LogP contribution in [-0.4, -0.2) is 32.4 Å². The first-order chi connectivity index (χ1) is 14.7. The van der Waals surface area contributed by atoms with Gasteiger partial charge in [-0.05, 0) is 41.8 Å². The number of alkyl halides is 3. The zero-order valence-electron chi connectivity index (χ0n) is 17.3. The summed E-state index contributed by atoms with van der Waals surface area (Å²) in [6, 6.07) is 7.23. The number of ether oxygens (including phenoxy) is 1. The third-order valence-electron chi connectivity index (χ3n) is 5.06. The molecule has 4 aromatic rings. The van der Waals surface area contributed by atoms with Crippen molar-refractivity contribution in [2.45, 2.75) is 33.1 Å². The van der Waals surface area contributed by atoms with Gasteiger partial charge in [0.15, 0.2) is 0 Å². The number of hydrogen-bond donors (Lipinski definition) is 0. The van der Waals surface area contributed by atoms with Gasteiger partial charge >= 0.3 is 12.1 Å². The first-order valence-corrected chi connectivity index (χ1v) is 9.76. The van der Waals surface area contributed by atoms with Crippen LogP contribution in [0.4, 0.5) is 13.2 Å². The maximum absolute atomic E-state index is 13.5. The van der Waals surface area contributed by atoms with Gasteiger partial charge in [-0.2, -0.15) is 18.3 Å². The zero-order chi connectivity index (χ0) is 22.3. The molecule has 0 fully saturated rings. The van der Waals surface area contributed by atoms with E-state index in [4.69, 9.17) is 4.74 Å². The standard InChI is InChI=1S/C22H21F3N4O2/c1-13(2)10-29-20-15(9-27-29)6-17(22(23,24)25)7-16(20)11-28-12-26-18-8-14(21(30)31-3)4-5-19(18)28/h4-9,12-13H,10-11H2,1-3H3. The summed E-state index contributed by atoms with van der Waals surface area (Å²) < 4.78 is 48.8. The number of hydrogen-bond acceptors (Lipinski definition) is 4. The predicted molar refractivity (Wildman–Crippen MR) is 110 cm³/mol. The van der Waals surface area contributed by atoms with E-state index in [0.717, 1.165) is 6.07 Å². The fourth-order valence-corrected chi connectivity index (χ4v) is 3.71. The van der Waals surface area contributed by atoms with Crippen molar-refractivity contribution >= 4 is 27.9 Å². The van der Waals surface area contributed by atoms with Gasteiger partial charge in [-0.15, -0.1) is 0 Å². The highest BCUT2D eigenvalue weighted by Gasteiger charge is 2.32. The third kappa shape index (κ3) is 3.99. The summed E-state index contributed by atoms with van der Waals surface area (Å²) in [6.45, 7) is 4.83. The Balaban J connectivity index is 1.83. The molecule has 0 aliphatic heterocycles. The third-order valence-corrected chi connectivity index (χ3v) is 5.06. The average Bonchev–Trinajstić information content (AvgIpc) is 3.30. The lowest BCUT2D eigenvalue weighted by atomic mass is 10.1. The van der Waals surface area contributed by atoms with Crippen molar-refractivity contribution in [3.8, 4) is 0 Å². The van der Waals surface area contributed by atoms with E-state index >= 15 is 0 Å². The highest BCUT2D eigenvalue weighted by molar-refractivity contribution is 5.93. The number of benzene rings is 2. The highest BCUT2D eigenvalue weighted by Crippen LogP contribution is 2.34. The number of rotatable bonds is 5. The first-order valence-electron chi connectivity index (χ1n) is 9.76. The molecule has 0 unspecified atom stereocenters. The molecule has 4 rings (SSSR count). The van der Waals surface area contributed by atoms with E-state index < -0.39 is 17.7 Å². The van der Waals surface area contributed by atoms with Crippen LogP contribution in [0.15, 0.2) is 42.9 Å². The molecule has 0 atom stereocenters. The molecule has 2 heterocycles. The maximum Gasteiger partial charge on any atom is 0.416 e. The van der Waals surface area contributed by atoms with E-state index in [1.54, 1.807) is 33.8 Å².